The second kappa shape index (κ2) is 8.41. The van der Waals surface area contributed by atoms with Crippen molar-refractivity contribution in [2.45, 2.75) is 6.92 Å². The van der Waals surface area contributed by atoms with E-state index >= 15 is 0 Å². The van der Waals surface area contributed by atoms with E-state index in [1.165, 1.54) is 0 Å². The molecule has 4 aromatic heterocycles. The van der Waals surface area contributed by atoms with E-state index in [0.717, 1.165) is 48.6 Å². The standard InChI is InChI=1S/C20H20N6O.2ClH/c1-14-10-17-11-15(4-7-26(17)23-14)18-12-20(27)25-13-16(2-3-19(25)22-18)24-8-5-21-6-9-24;;/h2-4,7,10-13,21H,5-6,8-9H2,1H3;2*1H. The first-order chi connectivity index (χ1) is 13.2. The molecule has 1 N–H and O–H groups in total. The van der Waals surface area contributed by atoms with E-state index in [-0.39, 0.29) is 30.4 Å². The fourth-order valence-electron chi connectivity index (χ4n) is 3.63. The molecule has 1 saturated heterocycles. The normalized spacial score (nSPS) is 13.9. The fourth-order valence-corrected chi connectivity index (χ4v) is 3.63. The highest BCUT2D eigenvalue weighted by Gasteiger charge is 2.12. The van der Waals surface area contributed by atoms with Crippen molar-refractivity contribution in [1.82, 2.24) is 24.3 Å². The highest BCUT2D eigenvalue weighted by molar-refractivity contribution is 5.85. The third-order valence-corrected chi connectivity index (χ3v) is 5.01. The van der Waals surface area contributed by atoms with Crippen LogP contribution >= 0.6 is 24.8 Å². The predicted octanol–water partition coefficient (Wildman–Crippen LogP) is 2.57. The van der Waals surface area contributed by atoms with Crippen molar-refractivity contribution < 1.29 is 0 Å². The highest BCUT2D eigenvalue weighted by atomic mass is 35.5. The largest absolute Gasteiger partial charge is 0.368 e. The summed E-state index contributed by atoms with van der Waals surface area (Å²) in [5.74, 6) is 0. The maximum absolute atomic E-state index is 12.8. The fraction of sp³-hybridized carbons (Fsp3) is 0.250. The molecule has 0 aromatic carbocycles. The van der Waals surface area contributed by atoms with Crippen LogP contribution in [0.5, 0.6) is 0 Å². The van der Waals surface area contributed by atoms with Crippen LogP contribution in [0.4, 0.5) is 5.69 Å². The van der Waals surface area contributed by atoms with Gasteiger partial charge in [-0.1, -0.05) is 0 Å². The number of nitrogens with zero attached hydrogens (tertiary/aromatic N) is 5. The van der Waals surface area contributed by atoms with Gasteiger partial charge in [-0.2, -0.15) is 5.10 Å². The van der Waals surface area contributed by atoms with Crippen molar-refractivity contribution in [3.63, 3.8) is 0 Å². The average molecular weight is 433 g/mol. The van der Waals surface area contributed by atoms with Crippen molar-refractivity contribution in [2.75, 3.05) is 31.1 Å². The monoisotopic (exact) mass is 432 g/mol. The van der Waals surface area contributed by atoms with Gasteiger partial charge in [-0.3, -0.25) is 9.20 Å². The van der Waals surface area contributed by atoms with E-state index < -0.39 is 0 Å². The SMILES string of the molecule is Cc1cc2cc(-c3cc(=O)n4cc(N5CCNCC5)ccc4n3)ccn2n1.Cl.Cl. The lowest BCUT2D eigenvalue weighted by atomic mass is 10.1. The van der Waals surface area contributed by atoms with Crippen LogP contribution in [-0.2, 0) is 0 Å². The van der Waals surface area contributed by atoms with Crippen LogP contribution in [0.3, 0.4) is 0 Å². The molecular formula is C20H22Cl2N6O. The van der Waals surface area contributed by atoms with Gasteiger partial charge in [0.1, 0.15) is 5.65 Å². The zero-order valence-corrected chi connectivity index (χ0v) is 17.5. The summed E-state index contributed by atoms with van der Waals surface area (Å²) < 4.78 is 3.45. The Morgan fingerprint density at radius 3 is 2.62 bits per heavy atom. The summed E-state index contributed by atoms with van der Waals surface area (Å²) in [6, 6.07) is 11.5. The van der Waals surface area contributed by atoms with Gasteiger partial charge in [-0.05, 0) is 37.3 Å². The molecule has 1 aliphatic rings. The van der Waals surface area contributed by atoms with Crippen LogP contribution in [0.25, 0.3) is 22.4 Å². The number of nitrogens with one attached hydrogen (secondary N) is 1. The summed E-state index contributed by atoms with van der Waals surface area (Å²) in [5.41, 5.74) is 5.17. The summed E-state index contributed by atoms with van der Waals surface area (Å²) in [4.78, 5) is 19.7. The number of hydrogen-bond acceptors (Lipinski definition) is 5. The molecule has 7 nitrogen and oxygen atoms in total. The molecule has 5 heterocycles. The third-order valence-electron chi connectivity index (χ3n) is 5.01. The Labute approximate surface area is 180 Å². The molecule has 0 aliphatic carbocycles. The van der Waals surface area contributed by atoms with Crippen LogP contribution < -0.4 is 15.8 Å². The van der Waals surface area contributed by atoms with Gasteiger partial charge in [-0.15, -0.1) is 24.8 Å². The van der Waals surface area contributed by atoms with E-state index in [1.807, 2.05) is 54.2 Å². The molecule has 1 fully saturated rings. The lowest BCUT2D eigenvalue weighted by Gasteiger charge is -2.29. The molecule has 29 heavy (non-hydrogen) atoms. The third kappa shape index (κ3) is 3.94. The summed E-state index contributed by atoms with van der Waals surface area (Å²) in [7, 11) is 0. The zero-order chi connectivity index (χ0) is 18.4. The molecular weight excluding hydrogens is 411 g/mol. The Kier molecular flexibility index (Phi) is 6.12. The first kappa shape index (κ1) is 21.1. The Balaban J connectivity index is 0.00000120. The number of aromatic nitrogens is 4. The van der Waals surface area contributed by atoms with Gasteiger partial charge in [0.25, 0.3) is 5.56 Å². The van der Waals surface area contributed by atoms with Gasteiger partial charge >= 0.3 is 0 Å². The molecule has 0 saturated carbocycles. The van der Waals surface area contributed by atoms with Crippen LogP contribution in [0, 0.1) is 6.92 Å². The van der Waals surface area contributed by atoms with Crippen LogP contribution in [0.1, 0.15) is 5.69 Å². The first-order valence-corrected chi connectivity index (χ1v) is 9.13. The Morgan fingerprint density at radius 1 is 1.03 bits per heavy atom. The van der Waals surface area contributed by atoms with Crippen LogP contribution in [-0.4, -0.2) is 45.2 Å². The van der Waals surface area contributed by atoms with Crippen molar-refractivity contribution in [2.24, 2.45) is 0 Å². The Hall–Kier alpha value is -2.61. The minimum atomic E-state index is -0.0726. The Morgan fingerprint density at radius 2 is 1.83 bits per heavy atom. The number of fused-ring (bicyclic) bond motifs is 2. The van der Waals surface area contributed by atoms with Crippen molar-refractivity contribution in [3.05, 3.63) is 64.8 Å². The predicted molar refractivity (Wildman–Crippen MR) is 120 cm³/mol. The molecule has 0 amide bonds. The summed E-state index contributed by atoms with van der Waals surface area (Å²) in [6.07, 6.45) is 3.79. The van der Waals surface area contributed by atoms with Crippen molar-refractivity contribution >= 4 is 41.7 Å². The minimum absolute atomic E-state index is 0. The highest BCUT2D eigenvalue weighted by Crippen LogP contribution is 2.20. The van der Waals surface area contributed by atoms with Crippen LogP contribution in [0.15, 0.2) is 53.6 Å². The average Bonchev–Trinajstić information content (AvgIpc) is 3.07. The quantitative estimate of drug-likeness (QED) is 0.527. The van der Waals surface area contributed by atoms with Crippen molar-refractivity contribution in [1.29, 1.82) is 0 Å². The van der Waals surface area contributed by atoms with E-state index in [0.29, 0.717) is 11.3 Å². The molecule has 0 atom stereocenters. The second-order valence-electron chi connectivity index (χ2n) is 6.90. The van der Waals surface area contributed by atoms with Gasteiger partial charge in [0.2, 0.25) is 0 Å². The number of hydrogen-bond donors (Lipinski definition) is 1. The minimum Gasteiger partial charge on any atom is -0.368 e. The van der Waals surface area contributed by atoms with Gasteiger partial charge in [0.15, 0.2) is 0 Å². The molecule has 152 valence electrons. The summed E-state index contributed by atoms with van der Waals surface area (Å²) in [6.45, 7) is 5.76. The molecule has 9 heteroatoms. The van der Waals surface area contributed by atoms with Gasteiger partial charge < -0.3 is 10.2 Å². The molecule has 1 aliphatic heterocycles. The van der Waals surface area contributed by atoms with Gasteiger partial charge in [-0.25, -0.2) is 9.50 Å². The Bertz CT molecular complexity index is 1210. The molecule has 0 spiro atoms. The number of rotatable bonds is 2. The summed E-state index contributed by atoms with van der Waals surface area (Å²) in [5, 5.41) is 7.73. The van der Waals surface area contributed by atoms with Gasteiger partial charge in [0, 0.05) is 50.2 Å². The van der Waals surface area contributed by atoms with E-state index in [2.05, 4.69) is 15.3 Å². The topological polar surface area (TPSA) is 66.9 Å². The van der Waals surface area contributed by atoms with E-state index in [9.17, 15) is 4.79 Å². The maximum atomic E-state index is 12.8. The van der Waals surface area contributed by atoms with E-state index in [4.69, 9.17) is 4.98 Å². The molecule has 0 unspecified atom stereocenters. The number of aryl methyl sites for hydroxylation is 1. The summed E-state index contributed by atoms with van der Waals surface area (Å²) >= 11 is 0. The molecule has 4 aromatic rings. The number of anilines is 1. The number of piperazine rings is 1. The molecule has 5 rings (SSSR count). The molecule has 0 bridgehead atoms. The smallest absolute Gasteiger partial charge is 0.258 e. The van der Waals surface area contributed by atoms with Gasteiger partial charge in [0.05, 0.1) is 22.6 Å². The van der Waals surface area contributed by atoms with E-state index in [1.54, 1.807) is 10.5 Å². The van der Waals surface area contributed by atoms with Crippen LogP contribution in [0.2, 0.25) is 0 Å². The number of pyridine rings is 2. The lowest BCUT2D eigenvalue weighted by Crippen LogP contribution is -2.43. The lowest BCUT2D eigenvalue weighted by molar-refractivity contribution is 0.588. The molecule has 0 radical (unpaired) electrons. The number of halogens is 2. The van der Waals surface area contributed by atoms with Crippen molar-refractivity contribution in [3.8, 4) is 11.3 Å². The zero-order valence-electron chi connectivity index (χ0n) is 15.9. The maximum Gasteiger partial charge on any atom is 0.258 e. The second-order valence-corrected chi connectivity index (χ2v) is 6.90. The first-order valence-electron chi connectivity index (χ1n) is 9.13.